The molecule has 4 heterocycles. The first kappa shape index (κ1) is 29.9. The van der Waals surface area contributed by atoms with E-state index < -0.39 is 17.3 Å². The van der Waals surface area contributed by atoms with E-state index in [1.165, 1.54) is 34.5 Å². The summed E-state index contributed by atoms with van der Waals surface area (Å²) in [4.78, 5) is 44.4. The van der Waals surface area contributed by atoms with Gasteiger partial charge in [-0.15, -0.1) is 11.8 Å². The summed E-state index contributed by atoms with van der Waals surface area (Å²) in [6.07, 6.45) is 5.00. The van der Waals surface area contributed by atoms with Crippen LogP contribution in [0, 0.1) is 18.6 Å². The lowest BCUT2D eigenvalue weighted by Crippen LogP contribution is -2.54. The van der Waals surface area contributed by atoms with Crippen LogP contribution in [0.5, 0.6) is 0 Å². The Kier molecular flexibility index (Phi) is 8.00. The molecule has 1 aliphatic heterocycles. The third-order valence-electron chi connectivity index (χ3n) is 8.14. The third kappa shape index (κ3) is 5.38. The molecule has 0 spiro atoms. The molecular formula is C33H34F2N6O2S. The van der Waals surface area contributed by atoms with Crippen molar-refractivity contribution in [2.75, 3.05) is 24.5 Å². The highest BCUT2D eigenvalue weighted by atomic mass is 32.2. The Balaban J connectivity index is 1.63. The standard InChI is InChI=1S/C33H34F2N6O2S/c1-6-26(42)39-14-15-40(20(5)17-39)31-22-16-24(35)29(27-23(34)8-7-9-25(27)44-21-10-11-21)37-32(22)41(33(43)38-31)30-19(4)12-13-36-28(30)18(2)3/h6-9,12-13,16,18,20-21H,1,10-11,14-15,17H2,2-5H3/t20-/m0/s1. The molecule has 4 aromatic rings. The molecule has 0 radical (unpaired) electrons. The number of hydrogen-bond acceptors (Lipinski definition) is 7. The van der Waals surface area contributed by atoms with Gasteiger partial charge in [-0.2, -0.15) is 4.98 Å². The van der Waals surface area contributed by atoms with Crippen LogP contribution in [0.1, 0.15) is 50.8 Å². The molecule has 2 fully saturated rings. The second-order valence-electron chi connectivity index (χ2n) is 11.7. The lowest BCUT2D eigenvalue weighted by Gasteiger charge is -2.40. The molecule has 1 amide bonds. The quantitative estimate of drug-likeness (QED) is 0.235. The van der Waals surface area contributed by atoms with Crippen LogP contribution in [-0.2, 0) is 4.79 Å². The monoisotopic (exact) mass is 616 g/mol. The summed E-state index contributed by atoms with van der Waals surface area (Å²) in [6.45, 7) is 12.5. The highest BCUT2D eigenvalue weighted by Gasteiger charge is 2.32. The van der Waals surface area contributed by atoms with Gasteiger partial charge < -0.3 is 9.80 Å². The molecule has 1 aromatic carbocycles. The topological polar surface area (TPSA) is 84.2 Å². The van der Waals surface area contributed by atoms with Gasteiger partial charge in [-0.1, -0.05) is 26.5 Å². The van der Waals surface area contributed by atoms with Crippen LogP contribution in [0.15, 0.2) is 58.9 Å². The number of piperazine rings is 1. The molecule has 8 nitrogen and oxygen atoms in total. The Hall–Kier alpha value is -4.12. The van der Waals surface area contributed by atoms with Gasteiger partial charge in [0.25, 0.3) is 0 Å². The average molecular weight is 617 g/mol. The molecule has 3 aromatic heterocycles. The lowest BCUT2D eigenvalue weighted by molar-refractivity contribution is -0.126. The second-order valence-corrected chi connectivity index (χ2v) is 13.1. The summed E-state index contributed by atoms with van der Waals surface area (Å²) < 4.78 is 33.2. The van der Waals surface area contributed by atoms with Crippen LogP contribution >= 0.6 is 11.8 Å². The maximum absolute atomic E-state index is 16.2. The molecule has 0 bridgehead atoms. The van der Waals surface area contributed by atoms with Crippen molar-refractivity contribution in [1.82, 2.24) is 24.4 Å². The summed E-state index contributed by atoms with van der Waals surface area (Å²) in [5.41, 5.74) is 1.44. The molecule has 11 heteroatoms. The smallest absolute Gasteiger partial charge is 0.350 e. The molecule has 1 aliphatic carbocycles. The van der Waals surface area contributed by atoms with E-state index in [0.717, 1.165) is 18.4 Å². The maximum atomic E-state index is 16.2. The fourth-order valence-corrected chi connectivity index (χ4v) is 6.99. The Morgan fingerprint density at radius 1 is 1.14 bits per heavy atom. The van der Waals surface area contributed by atoms with Gasteiger partial charge in [-0.25, -0.2) is 23.1 Å². The highest BCUT2D eigenvalue weighted by Crippen LogP contribution is 2.44. The predicted molar refractivity (Wildman–Crippen MR) is 170 cm³/mol. The molecule has 1 saturated heterocycles. The molecule has 228 valence electrons. The maximum Gasteiger partial charge on any atom is 0.355 e. The van der Waals surface area contributed by atoms with E-state index in [1.807, 2.05) is 32.6 Å². The zero-order chi connectivity index (χ0) is 31.3. The molecule has 1 atom stereocenters. The molecule has 1 saturated carbocycles. The van der Waals surface area contributed by atoms with Gasteiger partial charge in [0.15, 0.2) is 11.5 Å². The number of aryl methyl sites for hydroxylation is 1. The summed E-state index contributed by atoms with van der Waals surface area (Å²) >= 11 is 1.52. The van der Waals surface area contributed by atoms with Crippen LogP contribution in [0.25, 0.3) is 28.0 Å². The number of carbonyl (C=O) groups excluding carboxylic acids is 1. The van der Waals surface area contributed by atoms with Gasteiger partial charge in [0.05, 0.1) is 22.3 Å². The lowest BCUT2D eigenvalue weighted by atomic mass is 10.0. The number of anilines is 1. The number of aromatic nitrogens is 4. The third-order valence-corrected chi connectivity index (χ3v) is 9.54. The van der Waals surface area contributed by atoms with Crippen molar-refractivity contribution < 1.29 is 13.6 Å². The number of fused-ring (bicyclic) bond motifs is 1. The van der Waals surface area contributed by atoms with Gasteiger partial charge in [0.1, 0.15) is 17.3 Å². The van der Waals surface area contributed by atoms with Crippen LogP contribution in [-0.4, -0.2) is 61.3 Å². The largest absolute Gasteiger partial charge is 0.355 e. The van der Waals surface area contributed by atoms with Crippen LogP contribution in [0.2, 0.25) is 0 Å². The number of amides is 1. The summed E-state index contributed by atoms with van der Waals surface area (Å²) in [6, 6.07) is 7.58. The molecular weight excluding hydrogens is 582 g/mol. The van der Waals surface area contributed by atoms with E-state index in [2.05, 4.69) is 16.5 Å². The Bertz CT molecular complexity index is 1850. The molecule has 44 heavy (non-hydrogen) atoms. The summed E-state index contributed by atoms with van der Waals surface area (Å²) in [5, 5.41) is 0.666. The van der Waals surface area contributed by atoms with Crippen molar-refractivity contribution >= 4 is 34.5 Å². The van der Waals surface area contributed by atoms with Gasteiger partial charge in [-0.3, -0.25) is 9.78 Å². The zero-order valence-corrected chi connectivity index (χ0v) is 26.0. The number of nitrogens with zero attached hydrogens (tertiary/aromatic N) is 6. The van der Waals surface area contributed by atoms with E-state index >= 15 is 8.78 Å². The number of halogens is 2. The van der Waals surface area contributed by atoms with E-state index in [4.69, 9.17) is 4.98 Å². The highest BCUT2D eigenvalue weighted by molar-refractivity contribution is 8.00. The minimum Gasteiger partial charge on any atom is -0.350 e. The number of hydrogen-bond donors (Lipinski definition) is 0. The van der Waals surface area contributed by atoms with Crippen molar-refractivity contribution in [3.8, 4) is 16.9 Å². The van der Waals surface area contributed by atoms with E-state index in [-0.39, 0.29) is 40.6 Å². The molecule has 0 N–H and O–H groups in total. The first-order valence-corrected chi connectivity index (χ1v) is 15.7. The number of pyridine rings is 2. The summed E-state index contributed by atoms with van der Waals surface area (Å²) in [5.74, 6) is -1.25. The Labute approximate surface area is 258 Å². The fraction of sp³-hybridized carbons (Fsp3) is 0.364. The fourth-order valence-electron chi connectivity index (χ4n) is 5.79. The normalized spacial score (nSPS) is 17.0. The van der Waals surface area contributed by atoms with Crippen LogP contribution in [0.4, 0.5) is 14.6 Å². The van der Waals surface area contributed by atoms with Gasteiger partial charge in [0.2, 0.25) is 5.91 Å². The van der Waals surface area contributed by atoms with Crippen molar-refractivity contribution in [1.29, 1.82) is 0 Å². The van der Waals surface area contributed by atoms with Gasteiger partial charge in [-0.05, 0) is 68.5 Å². The van der Waals surface area contributed by atoms with Crippen LogP contribution in [0.3, 0.4) is 0 Å². The van der Waals surface area contributed by atoms with E-state index in [1.54, 1.807) is 29.3 Å². The van der Waals surface area contributed by atoms with Crippen molar-refractivity contribution in [2.24, 2.45) is 0 Å². The average Bonchev–Trinajstić information content (AvgIpc) is 3.81. The molecule has 0 unspecified atom stereocenters. The molecule has 2 aliphatic rings. The minimum atomic E-state index is -0.714. The number of thioether (sulfide) groups is 1. The zero-order valence-electron chi connectivity index (χ0n) is 25.2. The van der Waals surface area contributed by atoms with Crippen molar-refractivity contribution in [3.63, 3.8) is 0 Å². The second kappa shape index (κ2) is 11.8. The minimum absolute atomic E-state index is 0.0462. The van der Waals surface area contributed by atoms with Gasteiger partial charge in [0, 0.05) is 42.0 Å². The van der Waals surface area contributed by atoms with Gasteiger partial charge >= 0.3 is 5.69 Å². The Morgan fingerprint density at radius 3 is 2.59 bits per heavy atom. The van der Waals surface area contributed by atoms with Crippen LogP contribution < -0.4 is 10.6 Å². The predicted octanol–water partition coefficient (Wildman–Crippen LogP) is 6.03. The summed E-state index contributed by atoms with van der Waals surface area (Å²) in [7, 11) is 0. The van der Waals surface area contributed by atoms with Crippen molar-refractivity contribution in [2.45, 2.75) is 62.6 Å². The first-order valence-electron chi connectivity index (χ1n) is 14.8. The first-order chi connectivity index (χ1) is 21.1. The Morgan fingerprint density at radius 2 is 1.91 bits per heavy atom. The number of benzene rings is 1. The van der Waals surface area contributed by atoms with E-state index in [9.17, 15) is 9.59 Å². The molecule has 6 rings (SSSR count). The number of carbonyl (C=O) groups is 1. The SMILES string of the molecule is C=CC(=O)N1CCN(c2nc(=O)n(-c3c(C)ccnc3C(C)C)c3nc(-c4c(F)cccc4SC4CC4)c(F)cc23)[C@@H](C)C1. The van der Waals surface area contributed by atoms with E-state index in [0.29, 0.717) is 46.5 Å². The number of rotatable bonds is 7. The van der Waals surface area contributed by atoms with Crippen molar-refractivity contribution in [3.05, 3.63) is 82.6 Å².